The molecule has 2 aromatic rings. The standard InChI is InChI=1S/C15H10N6O/c22-15-12-8-17-20-14(12)18-13(19-15)7-10-1-3-11(4-2-10)21-6-5-16-9-21/h1-6,8-9H,7H2. The smallest absolute Gasteiger partial charge is 0.284 e. The molecule has 7 heteroatoms. The molecule has 0 saturated heterocycles. The highest BCUT2D eigenvalue weighted by Gasteiger charge is 2.24. The zero-order chi connectivity index (χ0) is 14.9. The normalized spacial score (nSPS) is 16.2. The van der Waals surface area contributed by atoms with Crippen molar-refractivity contribution in [2.45, 2.75) is 6.42 Å². The summed E-state index contributed by atoms with van der Waals surface area (Å²) in [5, 5.41) is 7.51. The molecule has 0 bridgehead atoms. The zero-order valence-electron chi connectivity index (χ0n) is 11.4. The van der Waals surface area contributed by atoms with Gasteiger partial charge in [0.1, 0.15) is 11.4 Å². The van der Waals surface area contributed by atoms with Crippen LogP contribution in [0.1, 0.15) is 5.56 Å². The fourth-order valence-corrected chi connectivity index (χ4v) is 2.27. The quantitative estimate of drug-likeness (QED) is 0.867. The molecular weight excluding hydrogens is 280 g/mol. The Morgan fingerprint density at radius 1 is 1.09 bits per heavy atom. The maximum Gasteiger partial charge on any atom is 0.284 e. The predicted octanol–water partition coefficient (Wildman–Crippen LogP) is 2.10. The molecule has 4 rings (SSSR count). The average Bonchev–Trinajstić information content (AvgIpc) is 3.19. The van der Waals surface area contributed by atoms with E-state index >= 15 is 0 Å². The molecule has 1 aromatic heterocycles. The lowest BCUT2D eigenvalue weighted by Gasteiger charge is -2.08. The van der Waals surface area contributed by atoms with E-state index < -0.39 is 0 Å². The molecule has 106 valence electrons. The average molecular weight is 290 g/mol. The fraction of sp³-hybridized carbons (Fsp3) is 0.0667. The van der Waals surface area contributed by atoms with E-state index in [-0.39, 0.29) is 5.91 Å². The number of azo groups is 1. The van der Waals surface area contributed by atoms with E-state index in [9.17, 15) is 4.79 Å². The van der Waals surface area contributed by atoms with Crippen LogP contribution in [0.5, 0.6) is 0 Å². The van der Waals surface area contributed by atoms with Crippen LogP contribution in [-0.4, -0.2) is 27.1 Å². The SMILES string of the molecule is O=C1N=C(Cc2ccc(-n3ccnc3)cc2)N=C2N=NC=C12. The van der Waals surface area contributed by atoms with E-state index in [2.05, 4.69) is 25.2 Å². The summed E-state index contributed by atoms with van der Waals surface area (Å²) in [6.07, 6.45) is 7.21. The molecule has 0 atom stereocenters. The molecule has 7 nitrogen and oxygen atoms in total. The first-order valence-corrected chi connectivity index (χ1v) is 6.69. The van der Waals surface area contributed by atoms with E-state index in [1.165, 1.54) is 6.20 Å². The number of nitrogens with zero attached hydrogens (tertiary/aromatic N) is 6. The van der Waals surface area contributed by atoms with Crippen LogP contribution in [0.2, 0.25) is 0 Å². The molecular formula is C15H10N6O. The van der Waals surface area contributed by atoms with Gasteiger partial charge in [0, 0.05) is 24.5 Å². The van der Waals surface area contributed by atoms with Gasteiger partial charge in [0.15, 0.2) is 5.84 Å². The van der Waals surface area contributed by atoms with Gasteiger partial charge in [-0.1, -0.05) is 12.1 Å². The summed E-state index contributed by atoms with van der Waals surface area (Å²) < 4.78 is 1.92. The molecule has 22 heavy (non-hydrogen) atoms. The maximum absolute atomic E-state index is 11.8. The molecule has 0 aliphatic carbocycles. The van der Waals surface area contributed by atoms with Gasteiger partial charge < -0.3 is 4.57 Å². The number of aromatic nitrogens is 2. The van der Waals surface area contributed by atoms with Gasteiger partial charge in [0.2, 0.25) is 0 Å². The Balaban J connectivity index is 1.56. The van der Waals surface area contributed by atoms with Gasteiger partial charge in [-0.2, -0.15) is 10.1 Å². The van der Waals surface area contributed by atoms with Gasteiger partial charge in [-0.25, -0.2) is 9.98 Å². The van der Waals surface area contributed by atoms with Crippen molar-refractivity contribution in [1.82, 2.24) is 9.55 Å². The van der Waals surface area contributed by atoms with Crippen LogP contribution in [0.4, 0.5) is 0 Å². The van der Waals surface area contributed by atoms with E-state index in [0.29, 0.717) is 23.7 Å². The van der Waals surface area contributed by atoms with Crippen molar-refractivity contribution in [2.75, 3.05) is 0 Å². The second-order valence-corrected chi connectivity index (χ2v) is 4.84. The first-order chi connectivity index (χ1) is 10.8. The number of hydrogen-bond acceptors (Lipinski definition) is 5. The van der Waals surface area contributed by atoms with Crippen molar-refractivity contribution in [3.63, 3.8) is 0 Å². The Bertz CT molecular complexity index is 856. The van der Waals surface area contributed by atoms with Crippen LogP contribution in [0.3, 0.4) is 0 Å². The van der Waals surface area contributed by atoms with Crippen molar-refractivity contribution in [3.8, 4) is 5.69 Å². The number of carbonyl (C=O) groups excluding carboxylic acids is 1. The second-order valence-electron chi connectivity index (χ2n) is 4.84. The van der Waals surface area contributed by atoms with Gasteiger partial charge in [0.05, 0.1) is 12.5 Å². The predicted molar refractivity (Wildman–Crippen MR) is 80.1 cm³/mol. The maximum atomic E-state index is 11.8. The first-order valence-electron chi connectivity index (χ1n) is 6.69. The van der Waals surface area contributed by atoms with Crippen molar-refractivity contribution in [1.29, 1.82) is 0 Å². The molecule has 0 unspecified atom stereocenters. The van der Waals surface area contributed by atoms with Crippen molar-refractivity contribution in [2.24, 2.45) is 20.2 Å². The first kappa shape index (κ1) is 12.5. The lowest BCUT2D eigenvalue weighted by atomic mass is 10.1. The molecule has 0 fully saturated rings. The Labute approximate surface area is 125 Å². The number of imidazole rings is 1. The Morgan fingerprint density at radius 3 is 2.73 bits per heavy atom. The highest BCUT2D eigenvalue weighted by molar-refractivity contribution is 6.29. The number of rotatable bonds is 3. The lowest BCUT2D eigenvalue weighted by Crippen LogP contribution is -2.18. The molecule has 2 aliphatic rings. The van der Waals surface area contributed by atoms with Crippen molar-refractivity contribution >= 4 is 17.6 Å². The third-order valence-corrected chi connectivity index (χ3v) is 3.38. The summed E-state index contributed by atoms with van der Waals surface area (Å²) >= 11 is 0. The highest BCUT2D eigenvalue weighted by Crippen LogP contribution is 2.17. The van der Waals surface area contributed by atoms with E-state index in [4.69, 9.17) is 0 Å². The Kier molecular flexibility index (Phi) is 2.82. The summed E-state index contributed by atoms with van der Waals surface area (Å²) in [6, 6.07) is 7.92. The summed E-state index contributed by atoms with van der Waals surface area (Å²) in [7, 11) is 0. The lowest BCUT2D eigenvalue weighted by molar-refractivity contribution is -0.113. The molecule has 1 aromatic carbocycles. The number of aliphatic imine (C=N–C) groups is 2. The Morgan fingerprint density at radius 2 is 1.95 bits per heavy atom. The van der Waals surface area contributed by atoms with E-state index in [0.717, 1.165) is 11.3 Å². The minimum Gasteiger partial charge on any atom is -0.306 e. The minimum atomic E-state index is -0.333. The monoisotopic (exact) mass is 290 g/mol. The number of hydrogen-bond donors (Lipinski definition) is 0. The number of carbonyl (C=O) groups is 1. The molecule has 3 heterocycles. The number of amides is 1. The Hall–Kier alpha value is -3.22. The van der Waals surface area contributed by atoms with Gasteiger partial charge in [0.25, 0.3) is 5.91 Å². The van der Waals surface area contributed by atoms with Crippen molar-refractivity contribution < 1.29 is 4.79 Å². The summed E-state index contributed by atoms with van der Waals surface area (Å²) in [5.74, 6) is 0.471. The van der Waals surface area contributed by atoms with Gasteiger partial charge in [-0.3, -0.25) is 4.79 Å². The third-order valence-electron chi connectivity index (χ3n) is 3.38. The largest absolute Gasteiger partial charge is 0.306 e. The zero-order valence-corrected chi connectivity index (χ0v) is 11.4. The van der Waals surface area contributed by atoms with Crippen molar-refractivity contribution in [3.05, 3.63) is 60.3 Å². The number of fused-ring (bicyclic) bond motifs is 1. The van der Waals surface area contributed by atoms with Gasteiger partial charge >= 0.3 is 0 Å². The van der Waals surface area contributed by atoms with E-state index in [1.54, 1.807) is 12.5 Å². The molecule has 0 N–H and O–H groups in total. The van der Waals surface area contributed by atoms with Gasteiger partial charge in [-0.15, -0.1) is 5.11 Å². The molecule has 1 amide bonds. The second kappa shape index (κ2) is 4.96. The summed E-state index contributed by atoms with van der Waals surface area (Å²) in [6.45, 7) is 0. The third kappa shape index (κ3) is 2.18. The van der Waals surface area contributed by atoms with Crippen LogP contribution in [0, 0.1) is 0 Å². The number of benzene rings is 1. The van der Waals surface area contributed by atoms with Gasteiger partial charge in [-0.05, 0) is 17.7 Å². The van der Waals surface area contributed by atoms with Crippen LogP contribution in [-0.2, 0) is 11.2 Å². The molecule has 2 aliphatic heterocycles. The van der Waals surface area contributed by atoms with Crippen LogP contribution in [0.15, 0.2) is 75.0 Å². The summed E-state index contributed by atoms with van der Waals surface area (Å²) in [4.78, 5) is 24.1. The molecule has 0 spiro atoms. The van der Waals surface area contributed by atoms with Crippen LogP contribution < -0.4 is 0 Å². The van der Waals surface area contributed by atoms with Crippen LogP contribution >= 0.6 is 0 Å². The minimum absolute atomic E-state index is 0.333. The molecule has 0 saturated carbocycles. The topological polar surface area (TPSA) is 84.3 Å². The number of amidine groups is 2. The fourth-order valence-electron chi connectivity index (χ4n) is 2.27. The molecule has 0 radical (unpaired) electrons. The highest BCUT2D eigenvalue weighted by atomic mass is 16.1. The van der Waals surface area contributed by atoms with E-state index in [1.807, 2.05) is 35.0 Å². The van der Waals surface area contributed by atoms with Crippen LogP contribution in [0.25, 0.3) is 5.69 Å². The summed E-state index contributed by atoms with van der Waals surface area (Å²) in [5.41, 5.74) is 2.39.